The third-order valence-electron chi connectivity index (χ3n) is 2.87. The minimum atomic E-state index is -3.66. The number of benzene rings is 1. The fourth-order valence-electron chi connectivity index (χ4n) is 1.59. The number of unbranched alkanes of at least 4 members (excludes halogenated alkanes) is 5. The van der Waals surface area contributed by atoms with Crippen LogP contribution in [0.25, 0.3) is 0 Å². The van der Waals surface area contributed by atoms with Crippen LogP contribution < -0.4 is 4.74 Å². The number of para-hydroxylation sites is 1. The van der Waals surface area contributed by atoms with Crippen molar-refractivity contribution in [2.24, 2.45) is 0 Å². The van der Waals surface area contributed by atoms with E-state index < -0.39 is 10.1 Å². The van der Waals surface area contributed by atoms with Gasteiger partial charge in [0, 0.05) is 6.61 Å². The highest BCUT2D eigenvalue weighted by Crippen LogP contribution is 2.10. The highest BCUT2D eigenvalue weighted by molar-refractivity contribution is 7.85. The third kappa shape index (κ3) is 23.2. The molecule has 0 bridgehead atoms. The third-order valence-corrected chi connectivity index (χ3v) is 3.60. The molecule has 1 rings (SSSR count). The molecule has 0 atom stereocenters. The number of ether oxygens (including phenoxy) is 1. The van der Waals surface area contributed by atoms with Crippen molar-refractivity contribution in [3.8, 4) is 5.75 Å². The highest BCUT2D eigenvalue weighted by Gasteiger charge is 1.93. The molecule has 142 valence electrons. The summed E-state index contributed by atoms with van der Waals surface area (Å²) in [6.07, 6.45) is 7.90. The van der Waals surface area contributed by atoms with Crippen molar-refractivity contribution in [3.63, 3.8) is 0 Å². The van der Waals surface area contributed by atoms with Crippen molar-refractivity contribution in [3.05, 3.63) is 30.3 Å². The molecule has 0 fully saturated rings. The Morgan fingerprint density at radius 1 is 0.917 bits per heavy atom. The van der Waals surface area contributed by atoms with Crippen molar-refractivity contribution in [1.29, 1.82) is 0 Å². The monoisotopic (exact) mass is 362 g/mol. The van der Waals surface area contributed by atoms with Gasteiger partial charge in [-0.3, -0.25) is 4.55 Å². The maximum absolute atomic E-state index is 9.56. The summed E-state index contributed by atoms with van der Waals surface area (Å²) in [6, 6.07) is 10.1. The van der Waals surface area contributed by atoms with Crippen LogP contribution in [0.4, 0.5) is 0 Å². The number of rotatable bonds is 9. The maximum Gasteiger partial charge on any atom is 0.264 e. The average molecular weight is 363 g/mol. The summed E-state index contributed by atoms with van der Waals surface area (Å²) in [7, 11) is -3.66. The molecule has 24 heavy (non-hydrogen) atoms. The lowest BCUT2D eigenvalue weighted by molar-refractivity contribution is 0.304. The zero-order valence-electron chi connectivity index (χ0n) is 15.3. The number of hydrogen-bond donors (Lipinski definition) is 2. The molecule has 0 aliphatic heterocycles. The summed E-state index contributed by atoms with van der Waals surface area (Å²) < 4.78 is 32.5. The predicted molar refractivity (Wildman–Crippen MR) is 100 cm³/mol. The van der Waals surface area contributed by atoms with Crippen LogP contribution in [0.2, 0.25) is 0 Å². The van der Waals surface area contributed by atoms with E-state index in [0.717, 1.165) is 12.4 Å². The van der Waals surface area contributed by atoms with Crippen LogP contribution in [-0.2, 0) is 10.1 Å². The van der Waals surface area contributed by atoms with Crippen molar-refractivity contribution in [1.82, 2.24) is 0 Å². The first-order valence-corrected chi connectivity index (χ1v) is 10.3. The van der Waals surface area contributed by atoms with Gasteiger partial charge in [0.1, 0.15) is 5.75 Å². The summed E-state index contributed by atoms with van der Waals surface area (Å²) in [5.74, 6) is 0.790. The van der Waals surface area contributed by atoms with E-state index in [9.17, 15) is 8.42 Å². The van der Waals surface area contributed by atoms with E-state index in [0.29, 0.717) is 0 Å². The van der Waals surface area contributed by atoms with Gasteiger partial charge in [-0.15, -0.1) is 0 Å². The molecule has 0 aliphatic carbocycles. The second kappa shape index (κ2) is 18.2. The van der Waals surface area contributed by atoms with Crippen molar-refractivity contribution in [2.45, 2.75) is 59.3 Å². The highest BCUT2D eigenvalue weighted by atomic mass is 32.2. The van der Waals surface area contributed by atoms with Gasteiger partial charge in [0.25, 0.3) is 10.1 Å². The first-order valence-electron chi connectivity index (χ1n) is 8.65. The molecule has 0 saturated heterocycles. The van der Waals surface area contributed by atoms with Crippen LogP contribution >= 0.6 is 0 Å². The molecule has 0 aromatic heterocycles. The summed E-state index contributed by atoms with van der Waals surface area (Å²) in [4.78, 5) is 0. The molecule has 6 heteroatoms. The molecule has 0 spiro atoms. The van der Waals surface area contributed by atoms with Crippen molar-refractivity contribution < 1.29 is 22.8 Å². The Morgan fingerprint density at radius 3 is 1.83 bits per heavy atom. The lowest BCUT2D eigenvalue weighted by Crippen LogP contribution is -1.97. The molecule has 1 aromatic rings. The van der Waals surface area contributed by atoms with Gasteiger partial charge < -0.3 is 9.84 Å². The minimum absolute atomic E-state index is 0.201. The summed E-state index contributed by atoms with van der Waals surface area (Å²) in [5.41, 5.74) is 0. The molecule has 0 saturated carbocycles. The number of hydrogen-bond acceptors (Lipinski definition) is 4. The van der Waals surface area contributed by atoms with Crippen LogP contribution in [0.1, 0.15) is 59.3 Å². The van der Waals surface area contributed by atoms with Crippen LogP contribution in [0.15, 0.2) is 30.3 Å². The number of aliphatic hydroxyl groups is 1. The fourth-order valence-corrected chi connectivity index (χ4v) is 1.59. The van der Waals surface area contributed by atoms with Gasteiger partial charge in [0.2, 0.25) is 0 Å². The van der Waals surface area contributed by atoms with Crippen LogP contribution in [0.3, 0.4) is 0 Å². The van der Waals surface area contributed by atoms with E-state index in [1.54, 1.807) is 6.92 Å². The van der Waals surface area contributed by atoms with Gasteiger partial charge in [-0.25, -0.2) is 0 Å². The van der Waals surface area contributed by atoms with Crippen molar-refractivity contribution >= 4 is 10.1 Å². The van der Waals surface area contributed by atoms with Crippen LogP contribution in [0, 0.1) is 0 Å². The molecular formula is C18H34O5S. The van der Waals surface area contributed by atoms with Crippen molar-refractivity contribution in [2.75, 3.05) is 19.0 Å². The van der Waals surface area contributed by atoms with E-state index in [2.05, 4.69) is 6.92 Å². The van der Waals surface area contributed by atoms with Gasteiger partial charge >= 0.3 is 0 Å². The first-order chi connectivity index (χ1) is 11.4. The summed E-state index contributed by atoms with van der Waals surface area (Å²) in [5, 5.41) is 7.57. The molecule has 2 N–H and O–H groups in total. The fraction of sp³-hybridized carbons (Fsp3) is 0.667. The normalized spacial score (nSPS) is 10.0. The maximum atomic E-state index is 9.56. The summed E-state index contributed by atoms with van der Waals surface area (Å²) >= 11 is 0. The number of aliphatic hydroxyl groups excluding tert-OH is 1. The Balaban J connectivity index is 0. The van der Waals surface area contributed by atoms with Gasteiger partial charge in [0.05, 0.1) is 12.4 Å². The van der Waals surface area contributed by atoms with Gasteiger partial charge in [-0.2, -0.15) is 8.42 Å². The first kappa shape index (κ1) is 25.1. The van der Waals surface area contributed by atoms with E-state index >= 15 is 0 Å². The molecule has 1 aromatic carbocycles. The van der Waals surface area contributed by atoms with Crippen LogP contribution in [0.5, 0.6) is 5.75 Å². The Morgan fingerprint density at radius 2 is 1.38 bits per heavy atom. The molecular weight excluding hydrogens is 328 g/mol. The van der Waals surface area contributed by atoms with Gasteiger partial charge in [-0.1, -0.05) is 57.2 Å². The van der Waals surface area contributed by atoms with E-state index in [-0.39, 0.29) is 12.4 Å². The summed E-state index contributed by atoms with van der Waals surface area (Å²) in [6.45, 7) is 6.41. The van der Waals surface area contributed by atoms with Gasteiger partial charge in [0.15, 0.2) is 0 Å². The standard InChI is InChI=1S/C14H22O.C2H6O3S.C2H6O/c1-2-3-4-5-6-10-13-15-14-11-8-7-9-12-14;1-2-6(3,4)5;1-2-3/h7-9,11-12H,2-6,10,13H2,1H3;2H2,1H3,(H,3,4,5);3H,2H2,1H3. The Bertz CT molecular complexity index is 446. The molecule has 0 aliphatic rings. The van der Waals surface area contributed by atoms with E-state index in [1.807, 2.05) is 30.3 Å². The molecule has 0 radical (unpaired) electrons. The predicted octanol–water partition coefficient (Wildman–Crippen LogP) is 4.32. The quantitative estimate of drug-likeness (QED) is 0.505. The molecule has 5 nitrogen and oxygen atoms in total. The topological polar surface area (TPSA) is 83.8 Å². The largest absolute Gasteiger partial charge is 0.494 e. The SMILES string of the molecule is CCCCCCCCOc1ccccc1.CCO.CCS(=O)(=O)O. The Hall–Kier alpha value is -1.11. The average Bonchev–Trinajstić information content (AvgIpc) is 2.56. The zero-order chi connectivity index (χ0) is 18.7. The lowest BCUT2D eigenvalue weighted by atomic mass is 10.1. The molecule has 0 unspecified atom stereocenters. The second-order valence-electron chi connectivity index (χ2n) is 5.12. The Kier molecular flexibility index (Phi) is 19.1. The van der Waals surface area contributed by atoms with Gasteiger partial charge in [-0.05, 0) is 32.4 Å². The zero-order valence-corrected chi connectivity index (χ0v) is 16.1. The minimum Gasteiger partial charge on any atom is -0.494 e. The second-order valence-corrected chi connectivity index (χ2v) is 6.86. The molecule has 0 amide bonds. The smallest absolute Gasteiger partial charge is 0.264 e. The van der Waals surface area contributed by atoms with E-state index in [4.69, 9.17) is 14.4 Å². The lowest BCUT2D eigenvalue weighted by Gasteiger charge is -2.05. The van der Waals surface area contributed by atoms with Crippen LogP contribution in [-0.4, -0.2) is 37.0 Å². The van der Waals surface area contributed by atoms with E-state index in [1.165, 1.54) is 45.4 Å². The molecule has 0 heterocycles. The Labute approximate surface area is 147 Å².